The van der Waals surface area contributed by atoms with Crippen molar-refractivity contribution in [3.8, 4) is 0 Å². The van der Waals surface area contributed by atoms with Crippen LogP contribution in [0.3, 0.4) is 0 Å². The zero-order valence-corrected chi connectivity index (χ0v) is 12.6. The van der Waals surface area contributed by atoms with Crippen LogP contribution in [0.5, 0.6) is 0 Å². The molecule has 0 spiro atoms. The molecule has 1 amide bonds. The molecule has 100 valence electrons. The van der Waals surface area contributed by atoms with Crippen LogP contribution in [0.25, 0.3) is 0 Å². The van der Waals surface area contributed by atoms with E-state index in [0.29, 0.717) is 11.3 Å². The van der Waals surface area contributed by atoms with Crippen molar-refractivity contribution in [2.45, 2.75) is 45.6 Å². The number of unbranched alkanes of at least 4 members (excludes halogenated alkanes) is 2. The number of carbonyl (C=O) groups is 1. The summed E-state index contributed by atoms with van der Waals surface area (Å²) in [4.78, 5) is 12.0. The molecule has 0 aliphatic carbocycles. The molecule has 0 heterocycles. The Labute approximate surface area is 117 Å². The quantitative estimate of drug-likeness (QED) is 0.621. The van der Waals surface area contributed by atoms with E-state index in [1.807, 2.05) is 6.92 Å². The Morgan fingerprint density at radius 2 is 2.17 bits per heavy atom. The molecule has 1 atom stereocenters. The van der Waals surface area contributed by atoms with Gasteiger partial charge in [-0.15, -0.1) is 0 Å². The third kappa shape index (κ3) is 4.69. The van der Waals surface area contributed by atoms with Gasteiger partial charge in [0.25, 0.3) is 5.91 Å². The van der Waals surface area contributed by atoms with E-state index in [-0.39, 0.29) is 11.9 Å². The molecule has 0 aliphatic heterocycles. The van der Waals surface area contributed by atoms with E-state index in [1.165, 1.54) is 12.8 Å². The second-order valence-corrected chi connectivity index (χ2v) is 5.46. The minimum absolute atomic E-state index is 0.0572. The molecule has 0 saturated carbocycles. The molecule has 18 heavy (non-hydrogen) atoms. The van der Waals surface area contributed by atoms with Gasteiger partial charge in [-0.2, -0.15) is 0 Å². The van der Waals surface area contributed by atoms with Crippen LogP contribution < -0.4 is 11.1 Å². The molecular weight excluding hydrogens is 292 g/mol. The number of hydrogen-bond donors (Lipinski definition) is 2. The van der Waals surface area contributed by atoms with Crippen LogP contribution in [0.2, 0.25) is 0 Å². The predicted molar refractivity (Wildman–Crippen MR) is 79.6 cm³/mol. The van der Waals surface area contributed by atoms with Crippen LogP contribution in [-0.2, 0) is 0 Å². The molecule has 1 aromatic rings. The maximum atomic E-state index is 12.0. The molecule has 1 unspecified atom stereocenters. The smallest absolute Gasteiger partial charge is 0.251 e. The number of nitrogen functional groups attached to an aromatic ring is 1. The first kappa shape index (κ1) is 15.0. The number of carbonyl (C=O) groups excluding carboxylic acids is 1. The van der Waals surface area contributed by atoms with Gasteiger partial charge < -0.3 is 11.1 Å². The maximum absolute atomic E-state index is 12.0. The lowest BCUT2D eigenvalue weighted by Gasteiger charge is -2.14. The molecule has 3 N–H and O–H groups in total. The van der Waals surface area contributed by atoms with Crippen molar-refractivity contribution in [2.75, 3.05) is 5.73 Å². The first-order valence-electron chi connectivity index (χ1n) is 6.40. The Morgan fingerprint density at radius 3 is 2.78 bits per heavy atom. The van der Waals surface area contributed by atoms with E-state index >= 15 is 0 Å². The predicted octanol–water partition coefficient (Wildman–Crippen LogP) is 3.73. The molecule has 1 rings (SSSR count). The van der Waals surface area contributed by atoms with Gasteiger partial charge in [0.15, 0.2) is 0 Å². The summed E-state index contributed by atoms with van der Waals surface area (Å²) in [6.45, 7) is 4.21. The molecule has 4 heteroatoms. The third-order valence-corrected chi connectivity index (χ3v) is 3.60. The fourth-order valence-corrected chi connectivity index (χ4v) is 2.01. The number of hydrogen-bond acceptors (Lipinski definition) is 2. The summed E-state index contributed by atoms with van der Waals surface area (Å²) in [5.74, 6) is -0.0572. The Bertz CT molecular complexity index is 407. The fraction of sp³-hybridized carbons (Fsp3) is 0.500. The van der Waals surface area contributed by atoms with Crippen LogP contribution in [0, 0.1) is 0 Å². The van der Waals surface area contributed by atoms with Gasteiger partial charge in [0.2, 0.25) is 0 Å². The number of halogens is 1. The number of nitrogens with two attached hydrogens (primary N) is 1. The molecule has 1 aromatic carbocycles. The average molecular weight is 313 g/mol. The largest absolute Gasteiger partial charge is 0.398 e. The number of nitrogens with one attached hydrogen (secondary N) is 1. The zero-order valence-electron chi connectivity index (χ0n) is 11.0. The van der Waals surface area contributed by atoms with E-state index in [9.17, 15) is 4.79 Å². The SMILES string of the molecule is CCCCCC(C)NC(=O)c1ccc(Br)c(N)c1. The van der Waals surface area contributed by atoms with Gasteiger partial charge in [0.05, 0.1) is 0 Å². The van der Waals surface area contributed by atoms with Crippen molar-refractivity contribution in [3.05, 3.63) is 28.2 Å². The van der Waals surface area contributed by atoms with Crippen molar-refractivity contribution in [1.29, 1.82) is 0 Å². The van der Waals surface area contributed by atoms with E-state index in [0.717, 1.165) is 17.3 Å². The number of anilines is 1. The maximum Gasteiger partial charge on any atom is 0.251 e. The van der Waals surface area contributed by atoms with Crippen molar-refractivity contribution >= 4 is 27.5 Å². The molecule has 0 radical (unpaired) electrons. The summed E-state index contributed by atoms with van der Waals surface area (Å²) in [7, 11) is 0. The van der Waals surface area contributed by atoms with Crippen molar-refractivity contribution in [3.63, 3.8) is 0 Å². The Balaban J connectivity index is 2.51. The minimum Gasteiger partial charge on any atom is -0.398 e. The van der Waals surface area contributed by atoms with Gasteiger partial charge in [0, 0.05) is 21.8 Å². The lowest BCUT2D eigenvalue weighted by atomic mass is 10.1. The molecule has 0 bridgehead atoms. The van der Waals surface area contributed by atoms with E-state index < -0.39 is 0 Å². The summed E-state index contributed by atoms with van der Waals surface area (Å²) < 4.78 is 0.815. The lowest BCUT2D eigenvalue weighted by Crippen LogP contribution is -2.32. The summed E-state index contributed by atoms with van der Waals surface area (Å²) in [5.41, 5.74) is 6.95. The molecule has 0 saturated heterocycles. The van der Waals surface area contributed by atoms with Gasteiger partial charge in [0.1, 0.15) is 0 Å². The van der Waals surface area contributed by atoms with Crippen LogP contribution in [-0.4, -0.2) is 11.9 Å². The van der Waals surface area contributed by atoms with E-state index in [1.54, 1.807) is 18.2 Å². The monoisotopic (exact) mass is 312 g/mol. The summed E-state index contributed by atoms with van der Waals surface area (Å²) in [6, 6.07) is 5.47. The normalized spacial score (nSPS) is 12.2. The van der Waals surface area contributed by atoms with Gasteiger partial charge >= 0.3 is 0 Å². The van der Waals surface area contributed by atoms with Gasteiger partial charge in [-0.3, -0.25) is 4.79 Å². The topological polar surface area (TPSA) is 55.1 Å². The van der Waals surface area contributed by atoms with E-state index in [2.05, 4.69) is 28.2 Å². The number of benzene rings is 1. The summed E-state index contributed by atoms with van der Waals surface area (Å²) in [5, 5.41) is 2.99. The third-order valence-electron chi connectivity index (χ3n) is 2.88. The fourth-order valence-electron chi connectivity index (χ4n) is 1.76. The van der Waals surface area contributed by atoms with Gasteiger partial charge in [-0.25, -0.2) is 0 Å². The van der Waals surface area contributed by atoms with Crippen LogP contribution in [0.1, 0.15) is 49.9 Å². The summed E-state index contributed by atoms with van der Waals surface area (Å²) in [6.07, 6.45) is 4.58. The Kier molecular flexibility index (Phi) is 6.19. The highest BCUT2D eigenvalue weighted by atomic mass is 79.9. The molecule has 3 nitrogen and oxygen atoms in total. The first-order valence-corrected chi connectivity index (χ1v) is 7.19. The molecule has 0 fully saturated rings. The highest BCUT2D eigenvalue weighted by molar-refractivity contribution is 9.10. The highest BCUT2D eigenvalue weighted by Crippen LogP contribution is 2.20. The standard InChI is InChI=1S/C14H21BrN2O/c1-3-4-5-6-10(2)17-14(18)11-7-8-12(15)13(16)9-11/h7-10H,3-6,16H2,1-2H3,(H,17,18). The highest BCUT2D eigenvalue weighted by Gasteiger charge is 2.10. The van der Waals surface area contributed by atoms with Crippen molar-refractivity contribution < 1.29 is 4.79 Å². The van der Waals surface area contributed by atoms with Crippen LogP contribution in [0.4, 0.5) is 5.69 Å². The second kappa shape index (κ2) is 7.41. The Morgan fingerprint density at radius 1 is 1.44 bits per heavy atom. The molecule has 0 aromatic heterocycles. The van der Waals surface area contributed by atoms with Crippen molar-refractivity contribution in [1.82, 2.24) is 5.32 Å². The van der Waals surface area contributed by atoms with Crippen LogP contribution in [0.15, 0.2) is 22.7 Å². The van der Waals surface area contributed by atoms with E-state index in [4.69, 9.17) is 5.73 Å². The molecule has 0 aliphatic rings. The first-order chi connectivity index (χ1) is 8.54. The van der Waals surface area contributed by atoms with Gasteiger partial charge in [-0.1, -0.05) is 26.2 Å². The lowest BCUT2D eigenvalue weighted by molar-refractivity contribution is 0.0938. The zero-order chi connectivity index (χ0) is 13.5. The summed E-state index contributed by atoms with van der Waals surface area (Å²) >= 11 is 3.31. The number of rotatable bonds is 6. The minimum atomic E-state index is -0.0572. The Hall–Kier alpha value is -1.03. The number of amides is 1. The average Bonchev–Trinajstić information content (AvgIpc) is 2.33. The van der Waals surface area contributed by atoms with Gasteiger partial charge in [-0.05, 0) is 47.5 Å². The van der Waals surface area contributed by atoms with Crippen LogP contribution >= 0.6 is 15.9 Å². The second-order valence-electron chi connectivity index (χ2n) is 4.61. The van der Waals surface area contributed by atoms with Crippen molar-refractivity contribution in [2.24, 2.45) is 0 Å². The molecular formula is C14H21BrN2O.